The fraction of sp³-hybridized carbons (Fsp3) is 0.519. The summed E-state index contributed by atoms with van der Waals surface area (Å²) in [7, 11) is 0. The summed E-state index contributed by atoms with van der Waals surface area (Å²) in [6, 6.07) is 4.33. The molecule has 2 fully saturated rings. The standard InChI is InChI=1S/C27H31F5N4O5/c1-14-13-36(8-10-39-14)9-11-40-22-17(4-5-18(28)21(22)29)20-15(2)26(3,27(30,31)32)41-23(20)25(38)35-16-6-7-34-19(12-16)24(33)37/h4-7,12,14-15,20,23H,8-11,13H2,1-3H3,(H2,33,37)(H,34,35,38)/t14?,15-,20-,23+,26+/m0/s1. The number of ether oxygens (including phenoxy) is 3. The number of hydrogen-bond donors (Lipinski definition) is 2. The Morgan fingerprint density at radius 1 is 1.24 bits per heavy atom. The van der Waals surface area contributed by atoms with Gasteiger partial charge < -0.3 is 25.3 Å². The highest BCUT2D eigenvalue weighted by molar-refractivity contribution is 5.97. The van der Waals surface area contributed by atoms with Crippen molar-refractivity contribution >= 4 is 17.5 Å². The highest BCUT2D eigenvalue weighted by Crippen LogP contribution is 2.55. The van der Waals surface area contributed by atoms with Crippen molar-refractivity contribution in [1.82, 2.24) is 9.88 Å². The second kappa shape index (κ2) is 11.9. The van der Waals surface area contributed by atoms with Crippen LogP contribution in [0.25, 0.3) is 0 Å². The van der Waals surface area contributed by atoms with Crippen LogP contribution >= 0.6 is 0 Å². The lowest BCUT2D eigenvalue weighted by atomic mass is 9.77. The summed E-state index contributed by atoms with van der Waals surface area (Å²) in [6.45, 7) is 5.83. The third-order valence-electron chi connectivity index (χ3n) is 7.63. The van der Waals surface area contributed by atoms with Crippen LogP contribution in [0.1, 0.15) is 42.7 Å². The number of amides is 2. The number of carbonyl (C=O) groups is 2. The first kappa shape index (κ1) is 30.6. The molecule has 3 N–H and O–H groups in total. The monoisotopic (exact) mass is 586 g/mol. The lowest BCUT2D eigenvalue weighted by Crippen LogP contribution is -2.47. The molecule has 2 amide bonds. The van der Waals surface area contributed by atoms with Crippen LogP contribution in [0.5, 0.6) is 5.75 Å². The Morgan fingerprint density at radius 2 is 1.98 bits per heavy atom. The number of alkyl halides is 3. The Bertz CT molecular complexity index is 1300. The fourth-order valence-corrected chi connectivity index (χ4v) is 5.21. The first-order valence-electron chi connectivity index (χ1n) is 13.0. The molecule has 224 valence electrons. The Balaban J connectivity index is 1.67. The largest absolute Gasteiger partial charge is 0.489 e. The van der Waals surface area contributed by atoms with E-state index in [1.807, 2.05) is 11.8 Å². The van der Waals surface area contributed by atoms with E-state index in [1.54, 1.807) is 0 Å². The summed E-state index contributed by atoms with van der Waals surface area (Å²) in [6.07, 6.45) is -5.56. The van der Waals surface area contributed by atoms with Gasteiger partial charge in [-0.3, -0.25) is 19.5 Å². The number of pyridine rings is 1. The first-order chi connectivity index (χ1) is 19.2. The first-order valence-corrected chi connectivity index (χ1v) is 13.0. The van der Waals surface area contributed by atoms with Gasteiger partial charge in [0.05, 0.1) is 12.7 Å². The zero-order valence-corrected chi connectivity index (χ0v) is 22.6. The maximum Gasteiger partial charge on any atom is 0.417 e. The maximum atomic E-state index is 15.1. The van der Waals surface area contributed by atoms with E-state index in [2.05, 4.69) is 10.3 Å². The van der Waals surface area contributed by atoms with Crippen LogP contribution in [0.4, 0.5) is 27.6 Å². The van der Waals surface area contributed by atoms with Crippen LogP contribution in [0, 0.1) is 17.6 Å². The van der Waals surface area contributed by atoms with Crippen molar-refractivity contribution in [3.8, 4) is 5.75 Å². The maximum absolute atomic E-state index is 15.1. The molecule has 2 aromatic rings. The summed E-state index contributed by atoms with van der Waals surface area (Å²) >= 11 is 0. The minimum atomic E-state index is -4.91. The van der Waals surface area contributed by atoms with Crippen molar-refractivity contribution < 1.29 is 45.8 Å². The molecule has 0 aliphatic carbocycles. The van der Waals surface area contributed by atoms with Gasteiger partial charge >= 0.3 is 6.18 Å². The molecule has 1 aromatic carbocycles. The lowest BCUT2D eigenvalue weighted by Gasteiger charge is -2.32. The van der Waals surface area contributed by atoms with Crippen molar-refractivity contribution in [2.45, 2.75) is 50.7 Å². The predicted molar refractivity (Wildman–Crippen MR) is 136 cm³/mol. The molecule has 9 nitrogen and oxygen atoms in total. The average Bonchev–Trinajstić information content (AvgIpc) is 3.18. The number of morpholine rings is 1. The van der Waals surface area contributed by atoms with E-state index < -0.39 is 58.9 Å². The molecular formula is C27H31F5N4O5. The summed E-state index contributed by atoms with van der Waals surface area (Å²) in [5, 5.41) is 2.42. The summed E-state index contributed by atoms with van der Waals surface area (Å²) < 4.78 is 88.9. The molecule has 4 rings (SSSR count). The lowest BCUT2D eigenvalue weighted by molar-refractivity contribution is -0.272. The number of hydrogen-bond acceptors (Lipinski definition) is 7. The molecule has 0 saturated carbocycles. The van der Waals surface area contributed by atoms with Crippen LogP contribution in [0.15, 0.2) is 30.5 Å². The highest BCUT2D eigenvalue weighted by Gasteiger charge is 2.66. The van der Waals surface area contributed by atoms with Crippen LogP contribution in [0.2, 0.25) is 0 Å². The van der Waals surface area contributed by atoms with Gasteiger partial charge in [0.1, 0.15) is 18.4 Å². The molecular weight excluding hydrogens is 555 g/mol. The van der Waals surface area contributed by atoms with E-state index in [9.17, 15) is 27.2 Å². The second-order valence-electron chi connectivity index (χ2n) is 10.4. The van der Waals surface area contributed by atoms with Gasteiger partial charge in [0, 0.05) is 48.9 Å². The molecule has 2 saturated heterocycles. The molecule has 2 aliphatic rings. The quantitative estimate of drug-likeness (QED) is 0.454. The molecule has 0 spiro atoms. The average molecular weight is 587 g/mol. The molecule has 1 aromatic heterocycles. The van der Waals surface area contributed by atoms with Crippen LogP contribution < -0.4 is 15.8 Å². The molecule has 14 heteroatoms. The van der Waals surface area contributed by atoms with Crippen molar-refractivity contribution in [1.29, 1.82) is 0 Å². The number of halogens is 5. The highest BCUT2D eigenvalue weighted by atomic mass is 19.4. The van der Waals surface area contributed by atoms with Gasteiger partial charge in [0.2, 0.25) is 5.82 Å². The molecule has 0 radical (unpaired) electrons. The zero-order valence-electron chi connectivity index (χ0n) is 22.6. The molecule has 0 bridgehead atoms. The number of rotatable bonds is 8. The summed E-state index contributed by atoms with van der Waals surface area (Å²) in [5.74, 6) is -7.94. The van der Waals surface area contributed by atoms with E-state index in [1.165, 1.54) is 19.2 Å². The smallest absolute Gasteiger partial charge is 0.417 e. The summed E-state index contributed by atoms with van der Waals surface area (Å²) in [4.78, 5) is 30.6. The Kier molecular flexibility index (Phi) is 8.85. The SMILES string of the molecule is CC1CN(CCOc2c([C@H]3[C@H](C(=O)Nc4ccnc(C(N)=O)c4)O[C@@](C)(C(F)(F)F)[C@H]3C)ccc(F)c2F)CCO1. The van der Waals surface area contributed by atoms with Crippen LogP contribution in [-0.2, 0) is 14.3 Å². The molecule has 5 atom stereocenters. The number of nitrogens with zero attached hydrogens (tertiary/aromatic N) is 2. The van der Waals surface area contributed by atoms with Crippen LogP contribution in [-0.4, -0.2) is 78.5 Å². The predicted octanol–water partition coefficient (Wildman–Crippen LogP) is 3.64. The number of nitrogens with one attached hydrogen (secondary N) is 1. The van der Waals surface area contributed by atoms with E-state index in [-0.39, 0.29) is 29.7 Å². The van der Waals surface area contributed by atoms with Crippen molar-refractivity contribution in [3.05, 3.63) is 53.4 Å². The topological polar surface area (TPSA) is 116 Å². The van der Waals surface area contributed by atoms with Gasteiger partial charge in [-0.2, -0.15) is 17.6 Å². The van der Waals surface area contributed by atoms with Crippen LogP contribution in [0.3, 0.4) is 0 Å². The van der Waals surface area contributed by atoms with Gasteiger partial charge in [-0.1, -0.05) is 13.0 Å². The zero-order chi connectivity index (χ0) is 30.1. The molecule has 2 aliphatic heterocycles. The number of aromatic nitrogens is 1. The van der Waals surface area contributed by atoms with Crippen molar-refractivity contribution in [2.75, 3.05) is 38.2 Å². The van der Waals surface area contributed by atoms with Gasteiger partial charge in [0.25, 0.3) is 11.8 Å². The normalized spacial score (nSPS) is 27.0. The third kappa shape index (κ3) is 6.28. The number of nitrogens with two attached hydrogens (primary N) is 1. The second-order valence-corrected chi connectivity index (χ2v) is 10.4. The van der Waals surface area contributed by atoms with E-state index in [4.69, 9.17) is 19.9 Å². The number of carbonyl (C=O) groups excluding carboxylic acids is 2. The molecule has 41 heavy (non-hydrogen) atoms. The summed E-state index contributed by atoms with van der Waals surface area (Å²) in [5.41, 5.74) is 2.09. The van der Waals surface area contributed by atoms with Gasteiger partial charge in [-0.15, -0.1) is 0 Å². The van der Waals surface area contributed by atoms with E-state index in [0.29, 0.717) is 26.2 Å². The van der Waals surface area contributed by atoms with Gasteiger partial charge in [0.15, 0.2) is 17.2 Å². The Labute approximate surface area is 233 Å². The Hall–Kier alpha value is -3.36. The number of primary amides is 1. The molecule has 3 heterocycles. The van der Waals surface area contributed by atoms with Gasteiger partial charge in [-0.05, 0) is 32.0 Å². The minimum Gasteiger partial charge on any atom is -0.489 e. The number of anilines is 1. The van der Waals surface area contributed by atoms with E-state index >= 15 is 4.39 Å². The Morgan fingerprint density at radius 3 is 2.63 bits per heavy atom. The number of benzene rings is 1. The van der Waals surface area contributed by atoms with Gasteiger partial charge in [-0.25, -0.2) is 4.39 Å². The van der Waals surface area contributed by atoms with Crippen molar-refractivity contribution in [3.63, 3.8) is 0 Å². The third-order valence-corrected chi connectivity index (χ3v) is 7.63. The molecule has 1 unspecified atom stereocenters. The minimum absolute atomic E-state index is 0.0240. The fourth-order valence-electron chi connectivity index (χ4n) is 5.21. The van der Waals surface area contributed by atoms with E-state index in [0.717, 1.165) is 25.1 Å². The van der Waals surface area contributed by atoms with Crippen molar-refractivity contribution in [2.24, 2.45) is 11.7 Å².